The highest BCUT2D eigenvalue weighted by molar-refractivity contribution is 14.0. The predicted octanol–water partition coefficient (Wildman–Crippen LogP) is 4.15. The predicted molar refractivity (Wildman–Crippen MR) is 126 cm³/mol. The van der Waals surface area contributed by atoms with E-state index in [0.29, 0.717) is 29.5 Å². The Morgan fingerprint density at radius 2 is 1.97 bits per heavy atom. The Morgan fingerprint density at radius 3 is 2.55 bits per heavy atom. The minimum atomic E-state index is -0.224. The number of aryl methyl sites for hydroxylation is 1. The van der Waals surface area contributed by atoms with Crippen LogP contribution in [0.5, 0.6) is 5.75 Å². The van der Waals surface area contributed by atoms with Crippen molar-refractivity contribution in [2.75, 3.05) is 19.5 Å². The van der Waals surface area contributed by atoms with Crippen molar-refractivity contribution in [1.82, 2.24) is 10.6 Å². The zero-order chi connectivity index (χ0) is 20.7. The number of carbonyl (C=O) groups excluding carboxylic acids is 1. The Balaban J connectivity index is 0.00000420. The summed E-state index contributed by atoms with van der Waals surface area (Å²) in [4.78, 5) is 15.6. The second-order valence-corrected chi connectivity index (χ2v) is 6.52. The molecule has 0 saturated heterocycles. The second kappa shape index (κ2) is 11.6. The highest BCUT2D eigenvalue weighted by Gasteiger charge is 2.11. The van der Waals surface area contributed by atoms with Crippen molar-refractivity contribution in [2.24, 2.45) is 4.99 Å². The summed E-state index contributed by atoms with van der Waals surface area (Å²) in [6.07, 6.45) is 0. The lowest BCUT2D eigenvalue weighted by Crippen LogP contribution is -2.38. The van der Waals surface area contributed by atoms with Crippen molar-refractivity contribution in [3.8, 4) is 5.75 Å². The van der Waals surface area contributed by atoms with Gasteiger partial charge in [-0.15, -0.1) is 24.0 Å². The monoisotopic (exact) mass is 514 g/mol. The number of halogens is 2. The first-order valence-corrected chi connectivity index (χ1v) is 9.01. The van der Waals surface area contributed by atoms with Crippen LogP contribution in [-0.2, 0) is 11.3 Å². The minimum Gasteiger partial charge on any atom is -0.495 e. The van der Waals surface area contributed by atoms with Gasteiger partial charge in [0.05, 0.1) is 18.8 Å². The molecule has 0 radical (unpaired) electrons. The van der Waals surface area contributed by atoms with Gasteiger partial charge in [0.15, 0.2) is 5.96 Å². The lowest BCUT2D eigenvalue weighted by atomic mass is 10.1. The molecule has 1 amide bonds. The van der Waals surface area contributed by atoms with Gasteiger partial charge in [0, 0.05) is 20.5 Å². The van der Waals surface area contributed by atoms with Crippen molar-refractivity contribution in [2.45, 2.75) is 33.4 Å². The SMILES string of the molecule is CN=C(NCc1ccc(OC)c(NC(C)=O)c1)NC(C)c1ccc(C)c(F)c1.I. The maximum atomic E-state index is 13.8. The summed E-state index contributed by atoms with van der Waals surface area (Å²) in [5, 5.41) is 9.23. The first kappa shape index (κ1) is 24.7. The van der Waals surface area contributed by atoms with E-state index in [9.17, 15) is 9.18 Å². The smallest absolute Gasteiger partial charge is 0.221 e. The van der Waals surface area contributed by atoms with E-state index in [4.69, 9.17) is 4.74 Å². The molecule has 0 fully saturated rings. The van der Waals surface area contributed by atoms with Crippen LogP contribution in [0.2, 0.25) is 0 Å². The van der Waals surface area contributed by atoms with Gasteiger partial charge < -0.3 is 20.7 Å². The number of ether oxygens (including phenoxy) is 1. The third-order valence-corrected chi connectivity index (χ3v) is 4.31. The summed E-state index contributed by atoms with van der Waals surface area (Å²) in [5.41, 5.74) is 3.01. The van der Waals surface area contributed by atoms with Gasteiger partial charge in [-0.3, -0.25) is 9.79 Å². The largest absolute Gasteiger partial charge is 0.495 e. The molecule has 0 spiro atoms. The zero-order valence-electron chi connectivity index (χ0n) is 17.3. The molecule has 0 aliphatic carbocycles. The van der Waals surface area contributed by atoms with E-state index >= 15 is 0 Å². The number of carbonyl (C=O) groups is 1. The molecule has 0 heterocycles. The molecule has 6 nitrogen and oxygen atoms in total. The van der Waals surface area contributed by atoms with Crippen LogP contribution < -0.4 is 20.7 Å². The van der Waals surface area contributed by atoms with Gasteiger partial charge in [-0.25, -0.2) is 4.39 Å². The standard InChI is InChI=1S/C21H27FN4O2.HI/c1-13-6-8-17(11-18(13)22)14(2)25-21(23-4)24-12-16-7-9-20(28-5)19(10-16)26-15(3)27;/h6-11,14H,12H2,1-5H3,(H,26,27)(H2,23,24,25);1H. The molecular formula is C21H28FIN4O2. The molecule has 1 atom stereocenters. The Bertz CT molecular complexity index is 874. The molecule has 2 aromatic rings. The van der Waals surface area contributed by atoms with Crippen LogP contribution in [0.15, 0.2) is 41.4 Å². The normalized spacial score (nSPS) is 11.9. The third kappa shape index (κ3) is 7.19. The quantitative estimate of drug-likeness (QED) is 0.308. The van der Waals surface area contributed by atoms with Crippen LogP contribution in [0.3, 0.4) is 0 Å². The van der Waals surface area contributed by atoms with E-state index in [1.807, 2.05) is 25.1 Å². The first-order chi connectivity index (χ1) is 13.3. The fourth-order valence-corrected chi connectivity index (χ4v) is 2.70. The fraction of sp³-hybridized carbons (Fsp3) is 0.333. The van der Waals surface area contributed by atoms with E-state index in [1.54, 1.807) is 33.2 Å². The van der Waals surface area contributed by atoms with E-state index in [2.05, 4.69) is 20.9 Å². The summed E-state index contributed by atoms with van der Waals surface area (Å²) in [6, 6.07) is 10.6. The molecule has 0 saturated carbocycles. The van der Waals surface area contributed by atoms with Crippen LogP contribution in [-0.4, -0.2) is 26.0 Å². The maximum Gasteiger partial charge on any atom is 0.221 e. The third-order valence-electron chi connectivity index (χ3n) is 4.31. The number of rotatable bonds is 6. The van der Waals surface area contributed by atoms with Crippen LogP contribution in [0, 0.1) is 12.7 Å². The first-order valence-electron chi connectivity index (χ1n) is 9.01. The molecular weight excluding hydrogens is 486 g/mol. The van der Waals surface area contributed by atoms with Gasteiger partial charge >= 0.3 is 0 Å². The van der Waals surface area contributed by atoms with Gasteiger partial charge in [-0.2, -0.15) is 0 Å². The number of guanidine groups is 1. The Kier molecular flexibility index (Phi) is 9.87. The number of hydrogen-bond donors (Lipinski definition) is 3. The number of hydrogen-bond acceptors (Lipinski definition) is 3. The summed E-state index contributed by atoms with van der Waals surface area (Å²) in [7, 11) is 3.23. The summed E-state index contributed by atoms with van der Waals surface area (Å²) < 4.78 is 19.1. The molecule has 8 heteroatoms. The van der Waals surface area contributed by atoms with E-state index < -0.39 is 0 Å². The number of nitrogens with zero attached hydrogens (tertiary/aromatic N) is 1. The molecule has 3 N–H and O–H groups in total. The van der Waals surface area contributed by atoms with Crippen molar-refractivity contribution in [1.29, 1.82) is 0 Å². The van der Waals surface area contributed by atoms with Gasteiger partial charge in [-0.05, 0) is 48.7 Å². The molecule has 2 rings (SSSR count). The molecule has 0 aliphatic rings. The van der Waals surface area contributed by atoms with Crippen molar-refractivity contribution in [3.05, 3.63) is 58.9 Å². The number of methoxy groups -OCH3 is 1. The molecule has 0 bridgehead atoms. The van der Waals surface area contributed by atoms with Gasteiger partial charge in [0.25, 0.3) is 0 Å². The average Bonchev–Trinajstić information content (AvgIpc) is 2.66. The molecule has 2 aromatic carbocycles. The summed E-state index contributed by atoms with van der Waals surface area (Å²) in [6.45, 7) is 5.62. The fourth-order valence-electron chi connectivity index (χ4n) is 2.70. The van der Waals surface area contributed by atoms with Gasteiger partial charge in [-0.1, -0.05) is 18.2 Å². The van der Waals surface area contributed by atoms with Gasteiger partial charge in [0.1, 0.15) is 11.6 Å². The van der Waals surface area contributed by atoms with Gasteiger partial charge in [0.2, 0.25) is 5.91 Å². The number of benzene rings is 2. The number of anilines is 1. The average molecular weight is 514 g/mol. The summed E-state index contributed by atoms with van der Waals surface area (Å²) >= 11 is 0. The Labute approximate surface area is 188 Å². The van der Waals surface area contributed by atoms with Crippen LogP contribution in [0.4, 0.5) is 10.1 Å². The number of nitrogens with one attached hydrogen (secondary N) is 3. The zero-order valence-corrected chi connectivity index (χ0v) is 19.6. The van der Waals surface area contributed by atoms with E-state index in [0.717, 1.165) is 11.1 Å². The Hall–Kier alpha value is -2.36. The van der Waals surface area contributed by atoms with Crippen LogP contribution >= 0.6 is 24.0 Å². The highest BCUT2D eigenvalue weighted by atomic mass is 127. The van der Waals surface area contributed by atoms with Crippen LogP contribution in [0.25, 0.3) is 0 Å². The lowest BCUT2D eigenvalue weighted by molar-refractivity contribution is -0.114. The molecule has 29 heavy (non-hydrogen) atoms. The van der Waals surface area contributed by atoms with Crippen molar-refractivity contribution in [3.63, 3.8) is 0 Å². The Morgan fingerprint density at radius 1 is 1.24 bits per heavy atom. The van der Waals surface area contributed by atoms with Crippen molar-refractivity contribution >= 4 is 41.5 Å². The maximum absolute atomic E-state index is 13.8. The molecule has 158 valence electrons. The lowest BCUT2D eigenvalue weighted by Gasteiger charge is -2.19. The molecule has 0 aromatic heterocycles. The summed E-state index contributed by atoms with van der Waals surface area (Å²) in [5.74, 6) is 0.791. The molecule has 1 unspecified atom stereocenters. The van der Waals surface area contributed by atoms with E-state index in [1.165, 1.54) is 13.0 Å². The molecule has 0 aliphatic heterocycles. The highest BCUT2D eigenvalue weighted by Crippen LogP contribution is 2.25. The number of aliphatic imine (C=N–C) groups is 1. The van der Waals surface area contributed by atoms with Crippen LogP contribution in [0.1, 0.15) is 36.6 Å². The second-order valence-electron chi connectivity index (χ2n) is 6.52. The van der Waals surface area contributed by atoms with E-state index in [-0.39, 0.29) is 41.7 Å². The van der Waals surface area contributed by atoms with Crippen molar-refractivity contribution < 1.29 is 13.9 Å². The minimum absolute atomic E-state index is 0. The topological polar surface area (TPSA) is 74.8 Å². The number of amides is 1.